The van der Waals surface area contributed by atoms with Gasteiger partial charge in [0.15, 0.2) is 23.6 Å². The Morgan fingerprint density at radius 2 is 1.67 bits per heavy atom. The molecule has 11 atom stereocenters. The molecule has 19 nitrogen and oxygen atoms in total. The molecule has 2 saturated carbocycles. The summed E-state index contributed by atoms with van der Waals surface area (Å²) in [5.74, 6) is -6.33. The first-order valence-corrected chi connectivity index (χ1v) is 21.1. The lowest BCUT2D eigenvalue weighted by Gasteiger charge is -2.67. The highest BCUT2D eigenvalue weighted by molar-refractivity contribution is 5.95. The van der Waals surface area contributed by atoms with Crippen LogP contribution in [0.5, 0.6) is 0 Å². The maximum atomic E-state index is 15.9. The fourth-order valence-electron chi connectivity index (χ4n) is 9.99. The van der Waals surface area contributed by atoms with E-state index in [0.29, 0.717) is 0 Å². The third-order valence-corrected chi connectivity index (χ3v) is 13.0. The molecule has 64 heavy (non-hydrogen) atoms. The SMILES string of the molecule is CC(=O)O[C@H]1C(=O)[C@@]2(C)C(C(OC(=O)c3ccccc3)[C@]3(O)C[C@H](OC(=O)[C@H](O)[C@@H](NC(=O)OC(C)C)c4ccco4)C(C)=C1C3(C)C)[C@]1(OC(C)=O)CO[C@@H]1C[C@@H]2OCOCCO. The summed E-state index contributed by atoms with van der Waals surface area (Å²) in [5, 5.41) is 37.2. The first-order chi connectivity index (χ1) is 30.1. The van der Waals surface area contributed by atoms with Crippen LogP contribution in [0.2, 0.25) is 0 Å². The third-order valence-electron chi connectivity index (χ3n) is 13.0. The van der Waals surface area contributed by atoms with Gasteiger partial charge in [-0.25, -0.2) is 14.4 Å². The zero-order valence-electron chi connectivity index (χ0n) is 37.0. The standard InChI is InChI=1S/C45H57NO18/c1-23(2)60-41(54)46-33(28-15-12-17-57-28)34(50)40(53)62-29-20-45(55)38(63-39(52)27-13-10-9-11-14-27)36-43(8,37(51)35(61-25(4)48)32(24(29)3)42(45,6)7)30(59-22-56-18-16-47)19-31-44(36,21-58-31)64-26(5)49/h9-15,17,23,29-31,33-36,38,47,50,55H,16,18-22H2,1-8H3,(H,46,54)/t29-,30-,31+,33-,34+,35+,36?,38?,43+,44-,45+/m0/s1. The van der Waals surface area contributed by atoms with E-state index in [-0.39, 0.29) is 48.7 Å². The minimum absolute atomic E-state index is 0.0146. The summed E-state index contributed by atoms with van der Waals surface area (Å²) >= 11 is 0. The number of ketones is 1. The maximum Gasteiger partial charge on any atom is 0.408 e. The number of benzene rings is 1. The Morgan fingerprint density at radius 3 is 2.25 bits per heavy atom. The third kappa shape index (κ3) is 8.68. The summed E-state index contributed by atoms with van der Waals surface area (Å²) in [6, 6.07) is 9.16. The number of aliphatic hydroxyl groups is 3. The molecular formula is C45H57NO18. The molecule has 6 rings (SSSR count). The van der Waals surface area contributed by atoms with Crippen LogP contribution in [-0.2, 0) is 57.1 Å². The smallest absolute Gasteiger partial charge is 0.408 e. The van der Waals surface area contributed by atoms with Crippen LogP contribution in [0.25, 0.3) is 0 Å². The highest BCUT2D eigenvalue weighted by atomic mass is 16.7. The summed E-state index contributed by atoms with van der Waals surface area (Å²) in [6.45, 7) is 10.3. The van der Waals surface area contributed by atoms with Crippen LogP contribution in [0, 0.1) is 16.7 Å². The van der Waals surface area contributed by atoms with E-state index in [1.165, 1.54) is 44.4 Å². The molecule has 0 spiro atoms. The second-order valence-corrected chi connectivity index (χ2v) is 17.6. The number of fused-ring (bicyclic) bond motifs is 5. The molecule has 2 unspecified atom stereocenters. The Morgan fingerprint density at radius 1 is 0.969 bits per heavy atom. The highest BCUT2D eigenvalue weighted by Gasteiger charge is 2.78. The fourth-order valence-corrected chi connectivity index (χ4v) is 9.99. The van der Waals surface area contributed by atoms with Gasteiger partial charge in [0.2, 0.25) is 0 Å². The van der Waals surface area contributed by atoms with Gasteiger partial charge in [-0.15, -0.1) is 0 Å². The van der Waals surface area contributed by atoms with Gasteiger partial charge in [0.25, 0.3) is 0 Å². The number of rotatable bonds is 15. The van der Waals surface area contributed by atoms with Gasteiger partial charge in [-0.05, 0) is 63.1 Å². The fraction of sp³-hybridized carbons (Fsp3) is 0.600. The van der Waals surface area contributed by atoms with Crippen LogP contribution in [0.4, 0.5) is 4.79 Å². The van der Waals surface area contributed by atoms with Crippen molar-refractivity contribution in [1.29, 1.82) is 0 Å². The van der Waals surface area contributed by atoms with E-state index in [4.69, 9.17) is 42.3 Å². The summed E-state index contributed by atoms with van der Waals surface area (Å²) in [6.07, 6.45) is -10.5. The quantitative estimate of drug-likeness (QED) is 0.0658. The number of esters is 4. The maximum absolute atomic E-state index is 15.9. The van der Waals surface area contributed by atoms with Crippen molar-refractivity contribution in [1.82, 2.24) is 5.32 Å². The molecule has 1 amide bonds. The molecule has 0 radical (unpaired) electrons. The van der Waals surface area contributed by atoms with Gasteiger partial charge in [-0.2, -0.15) is 0 Å². The molecule has 1 aromatic heterocycles. The summed E-state index contributed by atoms with van der Waals surface area (Å²) in [4.78, 5) is 83.5. The van der Waals surface area contributed by atoms with Crippen LogP contribution in [0.3, 0.4) is 0 Å². The van der Waals surface area contributed by atoms with Crippen LogP contribution < -0.4 is 5.32 Å². The molecule has 350 valence electrons. The molecule has 1 aromatic carbocycles. The van der Waals surface area contributed by atoms with E-state index >= 15 is 4.79 Å². The molecule has 1 saturated heterocycles. The zero-order valence-corrected chi connectivity index (χ0v) is 37.0. The number of aliphatic hydroxyl groups excluding tert-OH is 2. The second-order valence-electron chi connectivity index (χ2n) is 17.6. The lowest BCUT2D eigenvalue weighted by atomic mass is 9.44. The highest BCUT2D eigenvalue weighted by Crippen LogP contribution is 2.65. The van der Waals surface area contributed by atoms with Gasteiger partial charge < -0.3 is 62.9 Å². The van der Waals surface area contributed by atoms with Crippen molar-refractivity contribution in [2.45, 2.75) is 128 Å². The Balaban J connectivity index is 1.57. The van der Waals surface area contributed by atoms with Crippen LogP contribution in [-0.4, -0.2) is 132 Å². The van der Waals surface area contributed by atoms with E-state index in [0.717, 1.165) is 13.8 Å². The number of furan rings is 1. The lowest BCUT2D eigenvalue weighted by Crippen LogP contribution is -2.82. The van der Waals surface area contributed by atoms with Crippen LogP contribution in [0.1, 0.15) is 90.4 Å². The predicted molar refractivity (Wildman–Crippen MR) is 218 cm³/mol. The predicted octanol–water partition coefficient (Wildman–Crippen LogP) is 3.02. The molecule has 2 heterocycles. The number of carbonyl (C=O) groups excluding carboxylic acids is 6. The van der Waals surface area contributed by atoms with Crippen molar-refractivity contribution in [3.8, 4) is 0 Å². The molecule has 19 heteroatoms. The van der Waals surface area contributed by atoms with Crippen molar-refractivity contribution in [3.05, 3.63) is 71.2 Å². The Bertz CT molecular complexity index is 2100. The van der Waals surface area contributed by atoms with Crippen molar-refractivity contribution < 1.29 is 86.4 Å². The largest absolute Gasteiger partial charge is 0.467 e. The van der Waals surface area contributed by atoms with Gasteiger partial charge in [0.1, 0.15) is 42.5 Å². The number of hydrogen-bond acceptors (Lipinski definition) is 18. The van der Waals surface area contributed by atoms with Gasteiger partial charge in [0.05, 0.1) is 55.2 Å². The van der Waals surface area contributed by atoms with Gasteiger partial charge in [-0.1, -0.05) is 32.0 Å². The average Bonchev–Trinajstić information content (AvgIpc) is 3.76. The number of hydrogen-bond donors (Lipinski definition) is 4. The van der Waals surface area contributed by atoms with Crippen molar-refractivity contribution in [2.24, 2.45) is 16.7 Å². The topological polar surface area (TPSA) is 262 Å². The zero-order chi connectivity index (χ0) is 46.9. The van der Waals surface area contributed by atoms with Crippen LogP contribution >= 0.6 is 0 Å². The van der Waals surface area contributed by atoms with E-state index in [9.17, 15) is 39.3 Å². The van der Waals surface area contributed by atoms with E-state index in [1.54, 1.807) is 45.9 Å². The van der Waals surface area contributed by atoms with Crippen molar-refractivity contribution >= 4 is 35.8 Å². The van der Waals surface area contributed by atoms with Crippen LogP contribution in [0.15, 0.2) is 64.3 Å². The van der Waals surface area contributed by atoms with E-state index in [1.807, 2.05) is 0 Å². The first-order valence-electron chi connectivity index (χ1n) is 21.1. The average molecular weight is 900 g/mol. The number of carbonyl (C=O) groups is 6. The summed E-state index contributed by atoms with van der Waals surface area (Å²) < 4.78 is 53.0. The molecule has 4 aliphatic rings. The number of amides is 1. The lowest BCUT2D eigenvalue weighted by molar-refractivity contribution is -0.351. The summed E-state index contributed by atoms with van der Waals surface area (Å²) in [7, 11) is 0. The minimum atomic E-state index is -2.42. The number of nitrogens with one attached hydrogen (secondary N) is 1. The van der Waals surface area contributed by atoms with Crippen molar-refractivity contribution in [2.75, 3.05) is 26.6 Å². The second kappa shape index (κ2) is 18.7. The number of ether oxygens (including phenoxy) is 8. The van der Waals surface area contributed by atoms with Crippen molar-refractivity contribution in [3.63, 3.8) is 0 Å². The van der Waals surface area contributed by atoms with Gasteiger partial charge in [0, 0.05) is 32.1 Å². The number of Topliss-reactive ketones (excluding diaryl/α,β-unsaturated/α-hetero) is 1. The van der Waals surface area contributed by atoms with E-state index < -0.39 is 126 Å². The Labute approximate surface area is 369 Å². The summed E-state index contributed by atoms with van der Waals surface area (Å²) in [5.41, 5.74) is -7.69. The monoisotopic (exact) mass is 899 g/mol. The Kier molecular flexibility index (Phi) is 14.1. The molecule has 3 fully saturated rings. The normalized spacial score (nSPS) is 31.4. The molecule has 2 aromatic rings. The molecule has 1 aliphatic heterocycles. The van der Waals surface area contributed by atoms with E-state index in [2.05, 4.69) is 5.32 Å². The first kappa shape index (κ1) is 48.3. The minimum Gasteiger partial charge on any atom is -0.467 e. The molecule has 2 bridgehead atoms. The Hall–Kier alpha value is -5.18. The molecule has 3 aliphatic carbocycles. The molecule has 4 N–H and O–H groups in total. The van der Waals surface area contributed by atoms with Gasteiger partial charge in [-0.3, -0.25) is 14.4 Å². The number of alkyl carbamates (subject to hydrolysis) is 1. The van der Waals surface area contributed by atoms with Gasteiger partial charge >= 0.3 is 30.0 Å². The molecular weight excluding hydrogens is 842 g/mol.